The minimum absolute atomic E-state index is 0.0992. The van der Waals surface area contributed by atoms with Gasteiger partial charge in [-0.3, -0.25) is 0 Å². The summed E-state index contributed by atoms with van der Waals surface area (Å²) in [6, 6.07) is 19.6. The van der Waals surface area contributed by atoms with Crippen LogP contribution in [0.5, 0.6) is 5.75 Å². The number of halogens is 6. The molecule has 4 aromatic rings. The first-order valence-corrected chi connectivity index (χ1v) is 13.2. The molecule has 0 radical (unpaired) electrons. The van der Waals surface area contributed by atoms with Crippen LogP contribution in [0.15, 0.2) is 78.9 Å². The van der Waals surface area contributed by atoms with Gasteiger partial charge < -0.3 is 4.74 Å². The second-order valence-corrected chi connectivity index (χ2v) is 9.81. The van der Waals surface area contributed by atoms with E-state index in [2.05, 4.69) is 41.2 Å². The van der Waals surface area contributed by atoms with E-state index in [0.717, 1.165) is 48.8 Å². The van der Waals surface area contributed by atoms with Gasteiger partial charge in [0.15, 0.2) is 24.0 Å². The third-order valence-corrected chi connectivity index (χ3v) is 6.78. The lowest BCUT2D eigenvalue weighted by atomic mass is 9.97. The van der Waals surface area contributed by atoms with Crippen LogP contribution >= 0.6 is 0 Å². The molecular formula is C33H30F6O. The fraction of sp³-hybridized carbons (Fsp3) is 0.273. The summed E-state index contributed by atoms with van der Waals surface area (Å²) in [5, 5.41) is 1.22. The van der Waals surface area contributed by atoms with Crippen molar-refractivity contribution in [2.24, 2.45) is 0 Å². The Morgan fingerprint density at radius 1 is 0.675 bits per heavy atom. The highest BCUT2D eigenvalue weighted by molar-refractivity contribution is 5.84. The molecule has 0 aliphatic carbocycles. The number of hydrogen-bond acceptors (Lipinski definition) is 1. The fourth-order valence-electron chi connectivity index (χ4n) is 4.64. The van der Waals surface area contributed by atoms with Crippen molar-refractivity contribution in [1.82, 2.24) is 0 Å². The van der Waals surface area contributed by atoms with Gasteiger partial charge in [0.1, 0.15) is 5.82 Å². The minimum atomic E-state index is -4.72. The Hall–Kier alpha value is -3.74. The van der Waals surface area contributed by atoms with Gasteiger partial charge in [0, 0.05) is 5.39 Å². The second kappa shape index (κ2) is 13.1. The van der Waals surface area contributed by atoms with Crippen molar-refractivity contribution < 1.29 is 31.1 Å². The summed E-state index contributed by atoms with van der Waals surface area (Å²) in [6.45, 7) is 0.222. The molecule has 0 unspecified atom stereocenters. The third kappa shape index (κ3) is 7.90. The summed E-state index contributed by atoms with van der Waals surface area (Å²) in [5.74, 6) is -3.94. The first-order chi connectivity index (χ1) is 19.1. The predicted octanol–water partition coefficient (Wildman–Crippen LogP) is 9.28. The number of benzene rings is 4. The molecule has 0 aromatic heterocycles. The molecule has 0 spiro atoms. The van der Waals surface area contributed by atoms with Crippen LogP contribution in [-0.2, 0) is 32.1 Å². The largest absolute Gasteiger partial charge is 0.478 e. The van der Waals surface area contributed by atoms with Crippen molar-refractivity contribution in [2.75, 3.05) is 6.61 Å². The number of aryl methyl sites for hydroxylation is 5. The summed E-state index contributed by atoms with van der Waals surface area (Å²) >= 11 is 0. The summed E-state index contributed by atoms with van der Waals surface area (Å²) in [5.41, 5.74) is 4.21. The van der Waals surface area contributed by atoms with Gasteiger partial charge in [-0.05, 0) is 90.8 Å². The van der Waals surface area contributed by atoms with Crippen molar-refractivity contribution >= 4 is 10.8 Å². The van der Waals surface area contributed by atoms with Crippen LogP contribution < -0.4 is 4.74 Å². The van der Waals surface area contributed by atoms with E-state index in [4.69, 9.17) is 0 Å². The van der Waals surface area contributed by atoms with Gasteiger partial charge >= 0.3 is 6.18 Å². The summed E-state index contributed by atoms with van der Waals surface area (Å²) in [4.78, 5) is 0. The van der Waals surface area contributed by atoms with Gasteiger partial charge in [-0.2, -0.15) is 13.2 Å². The molecule has 0 fully saturated rings. The average molecular weight is 557 g/mol. The monoisotopic (exact) mass is 556 g/mol. The van der Waals surface area contributed by atoms with Gasteiger partial charge in [0.05, 0.1) is 0 Å². The number of alkyl halides is 3. The van der Waals surface area contributed by atoms with Crippen LogP contribution in [0, 0.1) is 17.5 Å². The fourth-order valence-corrected chi connectivity index (χ4v) is 4.64. The highest BCUT2D eigenvalue weighted by Crippen LogP contribution is 2.28. The Labute approximate surface area is 230 Å². The highest BCUT2D eigenvalue weighted by atomic mass is 19.4. The Bertz CT molecular complexity index is 1450. The first-order valence-electron chi connectivity index (χ1n) is 13.2. The Kier molecular flexibility index (Phi) is 9.56. The van der Waals surface area contributed by atoms with Crippen LogP contribution in [0.2, 0.25) is 0 Å². The van der Waals surface area contributed by atoms with E-state index in [1.165, 1.54) is 11.1 Å². The second-order valence-electron chi connectivity index (χ2n) is 9.81. The molecule has 1 nitrogen and oxygen atoms in total. The Balaban J connectivity index is 1.38. The maximum Gasteiger partial charge on any atom is 0.422 e. The van der Waals surface area contributed by atoms with Crippen molar-refractivity contribution in [2.45, 2.75) is 51.6 Å². The lowest BCUT2D eigenvalue weighted by molar-refractivity contribution is -0.154. The summed E-state index contributed by atoms with van der Waals surface area (Å²) < 4.78 is 84.8. The van der Waals surface area contributed by atoms with Gasteiger partial charge in [-0.25, -0.2) is 13.2 Å². The highest BCUT2D eigenvalue weighted by Gasteiger charge is 2.30. The van der Waals surface area contributed by atoms with Crippen LogP contribution in [-0.4, -0.2) is 12.8 Å². The zero-order valence-electron chi connectivity index (χ0n) is 22.1. The molecular weight excluding hydrogens is 526 g/mol. The number of rotatable bonds is 11. The van der Waals surface area contributed by atoms with Crippen molar-refractivity contribution in [1.29, 1.82) is 0 Å². The molecule has 7 heteroatoms. The predicted molar refractivity (Wildman–Crippen MR) is 146 cm³/mol. The molecule has 0 heterocycles. The maximum atomic E-state index is 15.3. The van der Waals surface area contributed by atoms with Gasteiger partial charge in [0.25, 0.3) is 0 Å². The molecule has 0 saturated carbocycles. The normalized spacial score (nSPS) is 12.0. The van der Waals surface area contributed by atoms with E-state index in [1.807, 2.05) is 25.1 Å². The number of hydrogen-bond donors (Lipinski definition) is 0. The number of allylic oxidation sites excluding steroid dienone is 2. The molecule has 0 amide bonds. The molecule has 0 aliphatic heterocycles. The molecule has 210 valence electrons. The zero-order valence-corrected chi connectivity index (χ0v) is 22.1. The molecule has 4 rings (SSSR count). The van der Waals surface area contributed by atoms with E-state index in [1.54, 1.807) is 12.1 Å². The van der Waals surface area contributed by atoms with E-state index >= 15 is 4.39 Å². The van der Waals surface area contributed by atoms with Gasteiger partial charge in [-0.15, -0.1) is 0 Å². The van der Waals surface area contributed by atoms with Crippen molar-refractivity contribution in [3.05, 3.63) is 124 Å². The lowest BCUT2D eigenvalue weighted by Gasteiger charge is -2.12. The lowest BCUT2D eigenvalue weighted by Crippen LogP contribution is -2.20. The SMILES string of the molecule is C/C=C/CCc1ccc(CCc2ccc3c(F)c(CCc4cc(F)c(OCC(F)(F)F)c(F)c4)ccc3c2)cc1. The number of ether oxygens (including phenoxy) is 1. The molecule has 0 bridgehead atoms. The molecule has 40 heavy (non-hydrogen) atoms. The summed E-state index contributed by atoms with van der Waals surface area (Å²) in [6.07, 6.45) is 3.49. The molecule has 0 saturated heterocycles. The van der Waals surface area contributed by atoms with Crippen molar-refractivity contribution in [3.8, 4) is 5.75 Å². The topological polar surface area (TPSA) is 9.23 Å². The minimum Gasteiger partial charge on any atom is -0.478 e. The van der Waals surface area contributed by atoms with Crippen molar-refractivity contribution in [3.63, 3.8) is 0 Å². The van der Waals surface area contributed by atoms with Gasteiger partial charge in [0.2, 0.25) is 0 Å². The zero-order chi connectivity index (χ0) is 28.7. The molecule has 4 aromatic carbocycles. The molecule has 0 aliphatic rings. The quantitative estimate of drug-likeness (QED) is 0.132. The van der Waals surface area contributed by atoms with Gasteiger partial charge in [-0.1, -0.05) is 66.7 Å². The first kappa shape index (κ1) is 29.2. The maximum absolute atomic E-state index is 15.3. The average Bonchev–Trinajstić information content (AvgIpc) is 2.91. The molecule has 0 atom stereocenters. The number of fused-ring (bicyclic) bond motifs is 1. The van der Waals surface area contributed by atoms with E-state index in [0.29, 0.717) is 10.9 Å². The van der Waals surface area contributed by atoms with Crippen LogP contribution in [0.3, 0.4) is 0 Å². The van der Waals surface area contributed by atoms with Crippen LogP contribution in [0.1, 0.15) is 41.2 Å². The van der Waals surface area contributed by atoms with Crippen LogP contribution in [0.4, 0.5) is 26.3 Å². The Morgan fingerprint density at radius 2 is 1.27 bits per heavy atom. The van der Waals surface area contributed by atoms with E-state index < -0.39 is 36.0 Å². The van der Waals surface area contributed by atoms with E-state index in [-0.39, 0.29) is 18.4 Å². The standard InChI is InChI=1S/C33H30F6O/c1-2-3-4-5-22-6-8-23(9-7-22)10-11-24-13-17-28-27(18-24)16-15-26(31(28)36)14-12-25-19-29(34)32(30(35)20-25)40-21-33(37,38)39/h2-3,6-9,13,15-20H,4-5,10-12,14,21H2,1H3/b3-2+. The molecule has 0 N–H and O–H groups in total. The summed E-state index contributed by atoms with van der Waals surface area (Å²) in [7, 11) is 0. The smallest absolute Gasteiger partial charge is 0.422 e. The van der Waals surface area contributed by atoms with E-state index in [9.17, 15) is 22.0 Å². The van der Waals surface area contributed by atoms with Crippen LogP contribution in [0.25, 0.3) is 10.8 Å². The third-order valence-electron chi connectivity index (χ3n) is 6.78. The Morgan fingerprint density at radius 3 is 1.93 bits per heavy atom.